The van der Waals surface area contributed by atoms with Crippen molar-refractivity contribution in [1.29, 1.82) is 0 Å². The van der Waals surface area contributed by atoms with Crippen molar-refractivity contribution >= 4 is 0 Å². The Morgan fingerprint density at radius 1 is 1.30 bits per heavy atom. The summed E-state index contributed by atoms with van der Waals surface area (Å²) in [5.41, 5.74) is 2.93. The van der Waals surface area contributed by atoms with Gasteiger partial charge in [0.05, 0.1) is 18.4 Å². The van der Waals surface area contributed by atoms with Crippen LogP contribution in [0.2, 0.25) is 0 Å². The molecule has 1 aliphatic heterocycles. The number of halogens is 1. The van der Waals surface area contributed by atoms with Gasteiger partial charge < -0.3 is 5.32 Å². The first-order valence-electron chi connectivity index (χ1n) is 7.68. The molecule has 6 nitrogen and oxygen atoms in total. The van der Waals surface area contributed by atoms with Gasteiger partial charge in [-0.05, 0) is 30.7 Å². The Bertz CT molecular complexity index is 791. The lowest BCUT2D eigenvalue weighted by molar-refractivity contribution is 0.358. The van der Waals surface area contributed by atoms with Gasteiger partial charge in [0, 0.05) is 30.1 Å². The van der Waals surface area contributed by atoms with E-state index in [9.17, 15) is 4.39 Å². The third-order valence-electron chi connectivity index (χ3n) is 4.24. The molecule has 1 aliphatic rings. The summed E-state index contributed by atoms with van der Waals surface area (Å²) in [6, 6.07) is 6.80. The highest BCUT2D eigenvalue weighted by Crippen LogP contribution is 2.21. The number of aryl methyl sites for hydroxylation is 1. The maximum atomic E-state index is 13.1. The van der Waals surface area contributed by atoms with E-state index in [1.54, 1.807) is 18.5 Å². The number of rotatable bonds is 4. The number of aromatic amines is 1. The van der Waals surface area contributed by atoms with Gasteiger partial charge in [0.1, 0.15) is 18.0 Å². The summed E-state index contributed by atoms with van der Waals surface area (Å²) in [6.07, 6.45) is 5.41. The Balaban J connectivity index is 1.44. The predicted octanol–water partition coefficient (Wildman–Crippen LogP) is 1.91. The van der Waals surface area contributed by atoms with Crippen LogP contribution in [0.3, 0.4) is 0 Å². The van der Waals surface area contributed by atoms with Gasteiger partial charge in [-0.2, -0.15) is 10.2 Å². The number of nitrogens with zero attached hydrogens (tertiary/aromatic N) is 4. The number of aromatic nitrogens is 5. The van der Waals surface area contributed by atoms with Crippen LogP contribution in [0, 0.1) is 5.82 Å². The van der Waals surface area contributed by atoms with Crippen LogP contribution in [0.5, 0.6) is 0 Å². The Kier molecular flexibility index (Phi) is 3.63. The smallest absolute Gasteiger partial charge is 0.138 e. The van der Waals surface area contributed by atoms with Gasteiger partial charge in [0.2, 0.25) is 0 Å². The topological polar surface area (TPSA) is 71.4 Å². The molecule has 3 heterocycles. The van der Waals surface area contributed by atoms with Crippen LogP contribution in [0.1, 0.15) is 17.8 Å². The zero-order chi connectivity index (χ0) is 15.6. The van der Waals surface area contributed by atoms with Crippen LogP contribution in [-0.4, -0.2) is 31.0 Å². The van der Waals surface area contributed by atoms with E-state index >= 15 is 0 Å². The molecule has 0 amide bonds. The molecule has 0 bridgehead atoms. The van der Waals surface area contributed by atoms with Crippen molar-refractivity contribution in [3.05, 3.63) is 54.0 Å². The van der Waals surface area contributed by atoms with Crippen molar-refractivity contribution in [2.45, 2.75) is 32.0 Å². The zero-order valence-electron chi connectivity index (χ0n) is 12.5. The normalized spacial score (nSPS) is 17.2. The first kappa shape index (κ1) is 14.1. The molecule has 0 spiro atoms. The lowest BCUT2D eigenvalue weighted by Gasteiger charge is -2.23. The molecule has 0 radical (unpaired) electrons. The molecule has 2 N–H and O–H groups in total. The van der Waals surface area contributed by atoms with Gasteiger partial charge in [-0.15, -0.1) is 0 Å². The Morgan fingerprint density at radius 3 is 3.04 bits per heavy atom. The van der Waals surface area contributed by atoms with E-state index in [0.717, 1.165) is 42.0 Å². The van der Waals surface area contributed by atoms with Crippen molar-refractivity contribution in [2.75, 3.05) is 0 Å². The fraction of sp³-hybridized carbons (Fsp3) is 0.312. The molecule has 118 valence electrons. The average molecular weight is 312 g/mol. The van der Waals surface area contributed by atoms with Crippen LogP contribution in [0.25, 0.3) is 11.3 Å². The van der Waals surface area contributed by atoms with E-state index in [4.69, 9.17) is 0 Å². The molecule has 1 atom stereocenters. The van der Waals surface area contributed by atoms with Crippen molar-refractivity contribution in [3.8, 4) is 11.3 Å². The van der Waals surface area contributed by atoms with Crippen LogP contribution >= 0.6 is 0 Å². The number of hydrogen-bond acceptors (Lipinski definition) is 4. The van der Waals surface area contributed by atoms with E-state index in [1.807, 2.05) is 10.9 Å². The molecule has 0 aliphatic carbocycles. The van der Waals surface area contributed by atoms with Gasteiger partial charge in [0.15, 0.2) is 0 Å². The summed E-state index contributed by atoms with van der Waals surface area (Å²) in [6.45, 7) is 1.54. The average Bonchev–Trinajstić information content (AvgIpc) is 3.22. The molecule has 0 fully saturated rings. The van der Waals surface area contributed by atoms with Crippen LogP contribution in [-0.2, 0) is 19.5 Å². The molecule has 23 heavy (non-hydrogen) atoms. The second-order valence-electron chi connectivity index (χ2n) is 5.75. The minimum absolute atomic E-state index is 0.237. The first-order valence-corrected chi connectivity index (χ1v) is 7.68. The van der Waals surface area contributed by atoms with E-state index in [2.05, 4.69) is 25.6 Å². The first-order chi connectivity index (χ1) is 11.3. The van der Waals surface area contributed by atoms with E-state index in [-0.39, 0.29) is 5.82 Å². The minimum atomic E-state index is -0.237. The van der Waals surface area contributed by atoms with Crippen LogP contribution < -0.4 is 5.32 Å². The SMILES string of the molecule is Fc1ccc(-c2[nH]ncc2CN[C@@H]2CCc3ncnn3C2)cc1. The molecular formula is C16H17FN6. The standard InChI is InChI=1S/C16H17FN6/c17-13-3-1-11(2-4-13)16-12(8-20-22-16)7-18-14-5-6-15-19-10-21-23(15)9-14/h1-4,8,10,14,18H,5-7,9H2,(H,20,22)/t14-/m1/s1. The Morgan fingerprint density at radius 2 is 2.17 bits per heavy atom. The molecule has 2 aromatic heterocycles. The van der Waals surface area contributed by atoms with Crippen LogP contribution in [0.4, 0.5) is 4.39 Å². The van der Waals surface area contributed by atoms with Crippen molar-refractivity contribution in [2.24, 2.45) is 0 Å². The Labute approximate surface area is 132 Å². The molecule has 7 heteroatoms. The lowest BCUT2D eigenvalue weighted by atomic mass is 10.1. The van der Waals surface area contributed by atoms with Gasteiger partial charge in [-0.1, -0.05) is 0 Å². The zero-order valence-corrected chi connectivity index (χ0v) is 12.5. The maximum absolute atomic E-state index is 13.1. The highest BCUT2D eigenvalue weighted by Gasteiger charge is 2.19. The third kappa shape index (κ3) is 2.87. The van der Waals surface area contributed by atoms with Gasteiger partial charge in [-0.3, -0.25) is 5.10 Å². The monoisotopic (exact) mass is 312 g/mol. The second kappa shape index (κ2) is 5.92. The summed E-state index contributed by atoms with van der Waals surface area (Å²) < 4.78 is 15.0. The molecule has 4 rings (SSSR count). The number of fused-ring (bicyclic) bond motifs is 1. The fourth-order valence-corrected chi connectivity index (χ4v) is 2.97. The van der Waals surface area contributed by atoms with Crippen molar-refractivity contribution in [1.82, 2.24) is 30.3 Å². The minimum Gasteiger partial charge on any atom is -0.308 e. The van der Waals surface area contributed by atoms with Gasteiger partial charge >= 0.3 is 0 Å². The summed E-state index contributed by atoms with van der Waals surface area (Å²) in [5, 5.41) is 14.9. The maximum Gasteiger partial charge on any atom is 0.138 e. The van der Waals surface area contributed by atoms with Crippen LogP contribution in [0.15, 0.2) is 36.8 Å². The summed E-state index contributed by atoms with van der Waals surface area (Å²) in [7, 11) is 0. The number of H-pyrrole nitrogens is 1. The second-order valence-corrected chi connectivity index (χ2v) is 5.75. The quantitative estimate of drug-likeness (QED) is 0.772. The van der Waals surface area contributed by atoms with E-state index in [1.165, 1.54) is 12.1 Å². The number of hydrogen-bond donors (Lipinski definition) is 2. The number of benzene rings is 1. The number of nitrogens with one attached hydrogen (secondary N) is 2. The highest BCUT2D eigenvalue weighted by atomic mass is 19.1. The van der Waals surface area contributed by atoms with Crippen molar-refractivity contribution < 1.29 is 4.39 Å². The summed E-state index contributed by atoms with van der Waals surface area (Å²) >= 11 is 0. The van der Waals surface area contributed by atoms with Gasteiger partial charge in [-0.25, -0.2) is 14.1 Å². The highest BCUT2D eigenvalue weighted by molar-refractivity contribution is 5.62. The summed E-state index contributed by atoms with van der Waals surface area (Å²) in [4.78, 5) is 4.24. The molecule has 3 aromatic rings. The largest absolute Gasteiger partial charge is 0.308 e. The van der Waals surface area contributed by atoms with Gasteiger partial charge in [0.25, 0.3) is 0 Å². The molecule has 0 saturated heterocycles. The lowest BCUT2D eigenvalue weighted by Crippen LogP contribution is -2.37. The fourth-order valence-electron chi connectivity index (χ4n) is 2.97. The molecule has 0 unspecified atom stereocenters. The molecular weight excluding hydrogens is 295 g/mol. The van der Waals surface area contributed by atoms with E-state index in [0.29, 0.717) is 12.6 Å². The molecule has 1 aromatic carbocycles. The third-order valence-corrected chi connectivity index (χ3v) is 4.24. The van der Waals surface area contributed by atoms with E-state index < -0.39 is 0 Å². The summed E-state index contributed by atoms with van der Waals surface area (Å²) in [5.74, 6) is 0.817. The van der Waals surface area contributed by atoms with Crippen molar-refractivity contribution in [3.63, 3.8) is 0 Å². The predicted molar refractivity (Wildman–Crippen MR) is 83.0 cm³/mol. The Hall–Kier alpha value is -2.54. The molecule has 0 saturated carbocycles.